The average Bonchev–Trinajstić information content (AvgIpc) is 3.38. The quantitative estimate of drug-likeness (QED) is 0.489. The topological polar surface area (TPSA) is 79.1 Å². The molecule has 0 saturated carbocycles. The molecule has 1 aliphatic rings. The lowest BCUT2D eigenvalue weighted by atomic mass is 10.1. The van der Waals surface area contributed by atoms with E-state index >= 15 is 0 Å². The number of benzene rings is 2. The first-order chi connectivity index (χ1) is 14.2. The fourth-order valence-electron chi connectivity index (χ4n) is 3.98. The van der Waals surface area contributed by atoms with Gasteiger partial charge in [-0.05, 0) is 48.2 Å². The van der Waals surface area contributed by atoms with E-state index < -0.39 is 0 Å². The largest absolute Gasteiger partial charge is 0.492 e. The number of para-hydroxylation sites is 1. The Balaban J connectivity index is 1.40. The van der Waals surface area contributed by atoms with Gasteiger partial charge in [-0.25, -0.2) is 0 Å². The highest BCUT2D eigenvalue weighted by molar-refractivity contribution is 5.89. The zero-order valence-corrected chi connectivity index (χ0v) is 16.2. The maximum Gasteiger partial charge on any atom is 0.257 e. The van der Waals surface area contributed by atoms with Crippen LogP contribution in [0.3, 0.4) is 0 Å². The molecule has 0 amide bonds. The van der Waals surface area contributed by atoms with E-state index in [0.717, 1.165) is 46.2 Å². The van der Waals surface area contributed by atoms with Crippen molar-refractivity contribution in [2.75, 3.05) is 20.3 Å². The van der Waals surface area contributed by atoms with Crippen molar-refractivity contribution < 1.29 is 9.47 Å². The Bertz CT molecular complexity index is 1230. The summed E-state index contributed by atoms with van der Waals surface area (Å²) >= 11 is 0. The molecule has 5 rings (SSSR count). The van der Waals surface area contributed by atoms with Crippen molar-refractivity contribution >= 4 is 21.8 Å². The van der Waals surface area contributed by atoms with E-state index in [1.807, 2.05) is 54.6 Å². The highest BCUT2D eigenvalue weighted by atomic mass is 16.5. The highest BCUT2D eigenvalue weighted by Crippen LogP contribution is 2.27. The summed E-state index contributed by atoms with van der Waals surface area (Å²) < 4.78 is 11.4. The lowest BCUT2D eigenvalue weighted by Gasteiger charge is -2.12. The van der Waals surface area contributed by atoms with Gasteiger partial charge in [0.15, 0.2) is 0 Å². The number of ether oxygens (including phenoxy) is 2. The summed E-state index contributed by atoms with van der Waals surface area (Å²) in [5.74, 6) is 0.818. The summed E-state index contributed by atoms with van der Waals surface area (Å²) in [7, 11) is 1.74. The highest BCUT2D eigenvalue weighted by Gasteiger charge is 2.24. The monoisotopic (exact) mass is 389 g/mol. The van der Waals surface area contributed by atoms with E-state index in [4.69, 9.17) is 9.47 Å². The number of aromatic amines is 2. The number of hydrogen-bond donors (Lipinski definition) is 3. The van der Waals surface area contributed by atoms with E-state index in [-0.39, 0.29) is 11.7 Å². The van der Waals surface area contributed by atoms with Crippen LogP contribution in [0.15, 0.2) is 59.4 Å². The maximum atomic E-state index is 12.6. The Morgan fingerprint density at radius 1 is 1.00 bits per heavy atom. The van der Waals surface area contributed by atoms with Crippen LogP contribution < -0.4 is 15.6 Å². The third-order valence-electron chi connectivity index (χ3n) is 5.60. The van der Waals surface area contributed by atoms with Crippen LogP contribution in [0.1, 0.15) is 6.42 Å². The second-order valence-electron chi connectivity index (χ2n) is 7.54. The van der Waals surface area contributed by atoms with Crippen molar-refractivity contribution in [2.24, 2.45) is 0 Å². The molecule has 0 aliphatic carbocycles. The van der Waals surface area contributed by atoms with Crippen molar-refractivity contribution in [3.8, 4) is 17.0 Å². The van der Waals surface area contributed by atoms with Gasteiger partial charge in [-0.2, -0.15) is 0 Å². The smallest absolute Gasteiger partial charge is 0.257 e. The van der Waals surface area contributed by atoms with Gasteiger partial charge >= 0.3 is 0 Å². The van der Waals surface area contributed by atoms with Gasteiger partial charge in [-0.3, -0.25) is 4.79 Å². The molecule has 29 heavy (non-hydrogen) atoms. The van der Waals surface area contributed by atoms with E-state index in [1.54, 1.807) is 7.11 Å². The van der Waals surface area contributed by atoms with Gasteiger partial charge in [0.1, 0.15) is 12.4 Å². The Kier molecular flexibility index (Phi) is 4.58. The van der Waals surface area contributed by atoms with Crippen molar-refractivity contribution in [1.29, 1.82) is 0 Å². The summed E-state index contributed by atoms with van der Waals surface area (Å²) in [6.45, 7) is 1.47. The normalized spacial score (nSPS) is 19.2. The fourth-order valence-corrected chi connectivity index (χ4v) is 3.98. The Labute approximate surface area is 167 Å². The molecule has 3 heterocycles. The first-order valence-electron chi connectivity index (χ1n) is 9.84. The lowest BCUT2D eigenvalue weighted by molar-refractivity contribution is 0.115. The van der Waals surface area contributed by atoms with Crippen LogP contribution in [0.25, 0.3) is 33.1 Å². The van der Waals surface area contributed by atoms with Crippen molar-refractivity contribution in [3.63, 3.8) is 0 Å². The van der Waals surface area contributed by atoms with E-state index in [0.29, 0.717) is 18.2 Å². The molecule has 1 fully saturated rings. The van der Waals surface area contributed by atoms with Gasteiger partial charge in [-0.1, -0.05) is 18.2 Å². The van der Waals surface area contributed by atoms with Crippen LogP contribution in [-0.4, -0.2) is 42.4 Å². The van der Waals surface area contributed by atoms with Crippen molar-refractivity contribution in [2.45, 2.75) is 18.6 Å². The number of nitrogens with one attached hydrogen (secondary N) is 3. The summed E-state index contributed by atoms with van der Waals surface area (Å²) in [5, 5.41) is 5.43. The summed E-state index contributed by atoms with van der Waals surface area (Å²) in [6, 6.07) is 18.0. The predicted octanol–water partition coefficient (Wildman–Crippen LogP) is 3.43. The van der Waals surface area contributed by atoms with Crippen LogP contribution in [0.5, 0.6) is 5.75 Å². The predicted molar refractivity (Wildman–Crippen MR) is 115 cm³/mol. The summed E-state index contributed by atoms with van der Waals surface area (Å²) in [6.07, 6.45) is 1.22. The molecule has 2 atom stereocenters. The van der Waals surface area contributed by atoms with Gasteiger partial charge in [0.25, 0.3) is 5.56 Å². The molecule has 1 saturated heterocycles. The molecule has 0 spiro atoms. The molecular weight excluding hydrogens is 366 g/mol. The van der Waals surface area contributed by atoms with Crippen LogP contribution in [0.4, 0.5) is 0 Å². The maximum absolute atomic E-state index is 12.6. The molecule has 4 aromatic rings. The molecule has 0 unspecified atom stereocenters. The van der Waals surface area contributed by atoms with Crippen LogP contribution in [0, 0.1) is 0 Å². The zero-order valence-electron chi connectivity index (χ0n) is 16.2. The standard InChI is InChI=1S/C23H23N3O3/c1-28-18-11-16(24-12-18)13-29-17-6-7-21-15(8-17)10-22(25-21)19-9-14-4-2-3-5-20(14)26-23(19)27/h2-10,16,18,24-25H,11-13H2,1H3,(H,26,27)/t16-,18+/m0/s1. The number of aromatic nitrogens is 2. The number of fused-ring (bicyclic) bond motifs is 2. The SMILES string of the molecule is CO[C@H]1CN[C@H](COc2ccc3[nH]c(-c4cc5ccccc5[nH]c4=O)cc3c2)C1. The Morgan fingerprint density at radius 3 is 2.72 bits per heavy atom. The molecule has 6 heteroatoms. The molecule has 6 nitrogen and oxygen atoms in total. The first-order valence-corrected chi connectivity index (χ1v) is 9.84. The first kappa shape index (κ1) is 18.0. The van der Waals surface area contributed by atoms with Gasteiger partial charge in [0.05, 0.1) is 17.4 Å². The molecule has 0 bridgehead atoms. The molecule has 0 radical (unpaired) electrons. The number of pyridine rings is 1. The lowest BCUT2D eigenvalue weighted by Crippen LogP contribution is -2.28. The summed E-state index contributed by atoms with van der Waals surface area (Å²) in [5.41, 5.74) is 3.13. The van der Waals surface area contributed by atoms with Gasteiger partial charge in [-0.15, -0.1) is 0 Å². The van der Waals surface area contributed by atoms with Crippen LogP contribution in [0.2, 0.25) is 0 Å². The van der Waals surface area contributed by atoms with Crippen LogP contribution >= 0.6 is 0 Å². The number of rotatable bonds is 5. The van der Waals surface area contributed by atoms with Gasteiger partial charge < -0.3 is 24.8 Å². The molecule has 2 aromatic heterocycles. The number of methoxy groups -OCH3 is 1. The minimum atomic E-state index is -0.105. The number of hydrogen-bond acceptors (Lipinski definition) is 4. The van der Waals surface area contributed by atoms with Crippen LogP contribution in [-0.2, 0) is 4.74 Å². The zero-order chi connectivity index (χ0) is 19.8. The van der Waals surface area contributed by atoms with Gasteiger partial charge in [0.2, 0.25) is 0 Å². The number of H-pyrrole nitrogens is 2. The molecule has 3 N–H and O–H groups in total. The second kappa shape index (κ2) is 7.39. The molecule has 148 valence electrons. The van der Waals surface area contributed by atoms with E-state index in [1.165, 1.54) is 0 Å². The second-order valence-corrected chi connectivity index (χ2v) is 7.54. The van der Waals surface area contributed by atoms with Crippen molar-refractivity contribution in [3.05, 3.63) is 65.0 Å². The van der Waals surface area contributed by atoms with Gasteiger partial charge in [0, 0.05) is 36.1 Å². The molecular formula is C23H23N3O3. The minimum Gasteiger partial charge on any atom is -0.492 e. The van der Waals surface area contributed by atoms with E-state index in [9.17, 15) is 4.79 Å². The van der Waals surface area contributed by atoms with Crippen molar-refractivity contribution in [1.82, 2.24) is 15.3 Å². The third kappa shape index (κ3) is 3.52. The third-order valence-corrected chi connectivity index (χ3v) is 5.60. The molecule has 2 aromatic carbocycles. The molecule has 1 aliphatic heterocycles. The Morgan fingerprint density at radius 2 is 1.86 bits per heavy atom. The Hall–Kier alpha value is -3.09. The minimum absolute atomic E-state index is 0.105. The van der Waals surface area contributed by atoms with E-state index in [2.05, 4.69) is 15.3 Å². The average molecular weight is 389 g/mol. The fraction of sp³-hybridized carbons (Fsp3) is 0.261. The summed E-state index contributed by atoms with van der Waals surface area (Å²) in [4.78, 5) is 18.9.